The lowest BCUT2D eigenvalue weighted by Crippen LogP contribution is -2.11. The van der Waals surface area contributed by atoms with Crippen LogP contribution in [-0.4, -0.2) is 0 Å². The molecule has 0 amide bonds. The van der Waals surface area contributed by atoms with Gasteiger partial charge in [-0.25, -0.2) is 0 Å². The first-order valence-corrected chi connectivity index (χ1v) is 19.5. The minimum absolute atomic E-state index is 0.867. The number of furan rings is 1. The average Bonchev–Trinajstić information content (AvgIpc) is 3.84. The van der Waals surface area contributed by atoms with Crippen LogP contribution >= 0.6 is 11.3 Å². The summed E-state index contributed by atoms with van der Waals surface area (Å²) in [4.78, 5) is 2.37. The third kappa shape index (κ3) is 5.24. The van der Waals surface area contributed by atoms with Gasteiger partial charge in [-0.05, 0) is 69.4 Å². The van der Waals surface area contributed by atoms with Crippen LogP contribution < -0.4 is 4.90 Å². The predicted octanol–water partition coefficient (Wildman–Crippen LogP) is 15.6. The number of hydrogen-bond acceptors (Lipinski definition) is 3. The zero-order valence-corrected chi connectivity index (χ0v) is 30.6. The summed E-state index contributed by atoms with van der Waals surface area (Å²) >= 11 is 1.86. The van der Waals surface area contributed by atoms with E-state index >= 15 is 0 Å². The highest BCUT2D eigenvalue weighted by Gasteiger charge is 2.23. The predicted molar refractivity (Wildman–Crippen MR) is 235 cm³/mol. The van der Waals surface area contributed by atoms with E-state index in [4.69, 9.17) is 4.42 Å². The van der Waals surface area contributed by atoms with Gasteiger partial charge in [-0.2, -0.15) is 0 Å². The number of para-hydroxylation sites is 3. The van der Waals surface area contributed by atoms with Crippen molar-refractivity contribution >= 4 is 81.3 Å². The molecule has 2 nitrogen and oxygen atoms in total. The van der Waals surface area contributed by atoms with Gasteiger partial charge in [0.15, 0.2) is 5.58 Å². The van der Waals surface area contributed by atoms with Crippen LogP contribution in [0.4, 0.5) is 17.1 Å². The molecule has 0 atom stereocenters. The van der Waals surface area contributed by atoms with Crippen molar-refractivity contribution < 1.29 is 4.42 Å². The van der Waals surface area contributed by atoms with Crippen LogP contribution in [0, 0.1) is 0 Å². The Labute approximate surface area is 322 Å². The number of hydrogen-bond donors (Lipinski definition) is 0. The van der Waals surface area contributed by atoms with Crippen molar-refractivity contribution in [3.05, 3.63) is 200 Å². The Bertz CT molecular complexity index is 3200. The Morgan fingerprint density at radius 1 is 0.364 bits per heavy atom. The van der Waals surface area contributed by atoms with E-state index in [1.807, 2.05) is 17.4 Å². The van der Waals surface area contributed by atoms with E-state index in [1.165, 1.54) is 64.3 Å². The summed E-state index contributed by atoms with van der Waals surface area (Å²) in [6.07, 6.45) is 0. The summed E-state index contributed by atoms with van der Waals surface area (Å²) in [6, 6.07) is 72.1. The van der Waals surface area contributed by atoms with Gasteiger partial charge in [-0.1, -0.05) is 164 Å². The third-order valence-corrected chi connectivity index (χ3v) is 12.1. The fraction of sp³-hybridized carbons (Fsp3) is 0. The number of anilines is 3. The molecule has 0 N–H and O–H groups in total. The van der Waals surface area contributed by atoms with E-state index in [1.54, 1.807) is 0 Å². The molecule has 0 bridgehead atoms. The van der Waals surface area contributed by atoms with Gasteiger partial charge in [0.2, 0.25) is 0 Å². The molecule has 0 fully saturated rings. The fourth-order valence-corrected chi connectivity index (χ4v) is 9.52. The summed E-state index contributed by atoms with van der Waals surface area (Å²) < 4.78 is 9.28. The molecular weight excluding hydrogens is 687 g/mol. The molecule has 11 aromatic rings. The molecular formula is C52H33NOS. The first-order chi connectivity index (χ1) is 27.3. The van der Waals surface area contributed by atoms with Crippen molar-refractivity contribution in [3.8, 4) is 33.4 Å². The molecule has 0 radical (unpaired) electrons. The zero-order chi connectivity index (χ0) is 36.3. The van der Waals surface area contributed by atoms with Crippen molar-refractivity contribution in [3.63, 3.8) is 0 Å². The Balaban J connectivity index is 1.06. The Kier molecular flexibility index (Phi) is 7.39. The highest BCUT2D eigenvalue weighted by molar-refractivity contribution is 7.26. The molecule has 3 heteroatoms. The minimum Gasteiger partial charge on any atom is -0.454 e. The number of thiophene rings is 1. The summed E-state index contributed by atoms with van der Waals surface area (Å²) in [5.74, 6) is 0. The summed E-state index contributed by atoms with van der Waals surface area (Å²) in [5.41, 5.74) is 12.1. The van der Waals surface area contributed by atoms with Crippen LogP contribution in [-0.2, 0) is 0 Å². The van der Waals surface area contributed by atoms with E-state index in [2.05, 4.69) is 199 Å². The lowest BCUT2D eigenvalue weighted by atomic mass is 9.96. The fourth-order valence-electron chi connectivity index (χ4n) is 8.29. The van der Waals surface area contributed by atoms with Gasteiger partial charge in [-0.3, -0.25) is 0 Å². The van der Waals surface area contributed by atoms with Gasteiger partial charge in [0.1, 0.15) is 5.58 Å². The van der Waals surface area contributed by atoms with E-state index in [0.717, 1.165) is 39.0 Å². The highest BCUT2D eigenvalue weighted by atomic mass is 32.1. The van der Waals surface area contributed by atoms with E-state index < -0.39 is 0 Å². The van der Waals surface area contributed by atoms with Crippen LogP contribution in [0.15, 0.2) is 205 Å². The summed E-state index contributed by atoms with van der Waals surface area (Å²) in [5, 5.41) is 7.33. The normalized spacial score (nSPS) is 11.6. The maximum absolute atomic E-state index is 6.69. The highest BCUT2D eigenvalue weighted by Crippen LogP contribution is 2.48. The molecule has 0 saturated heterocycles. The molecule has 0 unspecified atom stereocenters. The molecule has 258 valence electrons. The van der Waals surface area contributed by atoms with Gasteiger partial charge >= 0.3 is 0 Å². The molecule has 2 aromatic heterocycles. The first-order valence-electron chi connectivity index (χ1n) is 18.7. The van der Waals surface area contributed by atoms with Crippen LogP contribution in [0.25, 0.3) is 86.3 Å². The molecule has 0 aliphatic carbocycles. The van der Waals surface area contributed by atoms with Gasteiger partial charge in [0, 0.05) is 47.8 Å². The molecule has 0 aliphatic rings. The maximum Gasteiger partial charge on any atom is 0.159 e. The van der Waals surface area contributed by atoms with Crippen molar-refractivity contribution in [2.24, 2.45) is 0 Å². The Hall–Kier alpha value is -6.94. The standard InChI is InChI=1S/C52H33NOS/c1-2-14-39-36(12-1)13-9-18-40(39)37-28-26-34(27-29-37)35-30-32-38(33-31-35)53(48-23-11-19-44-42-16-4-7-24-49(42)54-51(44)48)47-22-6-3-15-41(47)45-20-10-21-46-43-17-5-8-25-50(43)55-52(45)46/h1-33H. The molecule has 2 heterocycles. The lowest BCUT2D eigenvalue weighted by molar-refractivity contribution is 0.669. The van der Waals surface area contributed by atoms with Crippen molar-refractivity contribution in [1.82, 2.24) is 0 Å². The third-order valence-electron chi connectivity index (χ3n) is 10.9. The number of benzene rings is 9. The van der Waals surface area contributed by atoms with E-state index in [0.29, 0.717) is 0 Å². The number of nitrogens with zero attached hydrogens (tertiary/aromatic N) is 1. The second-order valence-electron chi connectivity index (χ2n) is 14.0. The first kappa shape index (κ1) is 31.6. The van der Waals surface area contributed by atoms with Crippen molar-refractivity contribution in [1.29, 1.82) is 0 Å². The van der Waals surface area contributed by atoms with Gasteiger partial charge in [0.05, 0.1) is 11.4 Å². The van der Waals surface area contributed by atoms with Crippen LogP contribution in [0.3, 0.4) is 0 Å². The quantitative estimate of drug-likeness (QED) is 0.170. The molecule has 0 saturated carbocycles. The lowest BCUT2D eigenvalue weighted by Gasteiger charge is -2.28. The number of fused-ring (bicyclic) bond motifs is 7. The van der Waals surface area contributed by atoms with E-state index in [-0.39, 0.29) is 0 Å². The van der Waals surface area contributed by atoms with Crippen molar-refractivity contribution in [2.75, 3.05) is 4.90 Å². The van der Waals surface area contributed by atoms with Crippen LogP contribution in [0.5, 0.6) is 0 Å². The van der Waals surface area contributed by atoms with Crippen LogP contribution in [0.1, 0.15) is 0 Å². The summed E-state index contributed by atoms with van der Waals surface area (Å²) in [7, 11) is 0. The van der Waals surface area contributed by atoms with Gasteiger partial charge < -0.3 is 9.32 Å². The average molecular weight is 720 g/mol. The Morgan fingerprint density at radius 3 is 1.80 bits per heavy atom. The van der Waals surface area contributed by atoms with Crippen molar-refractivity contribution in [2.45, 2.75) is 0 Å². The van der Waals surface area contributed by atoms with Gasteiger partial charge in [0.25, 0.3) is 0 Å². The van der Waals surface area contributed by atoms with E-state index in [9.17, 15) is 0 Å². The SMILES string of the molecule is c1ccc(N(c2ccc(-c3ccc(-c4cccc5ccccc45)cc3)cc2)c2cccc3c2oc2ccccc23)c(-c2cccc3c2sc2ccccc23)c1. The topological polar surface area (TPSA) is 16.4 Å². The molecule has 9 aromatic carbocycles. The Morgan fingerprint density at radius 2 is 0.927 bits per heavy atom. The smallest absolute Gasteiger partial charge is 0.159 e. The van der Waals surface area contributed by atoms with Crippen LogP contribution in [0.2, 0.25) is 0 Å². The second-order valence-corrected chi connectivity index (χ2v) is 15.1. The monoisotopic (exact) mass is 719 g/mol. The zero-order valence-electron chi connectivity index (χ0n) is 29.8. The molecule has 55 heavy (non-hydrogen) atoms. The minimum atomic E-state index is 0.867. The number of rotatable bonds is 6. The maximum atomic E-state index is 6.69. The summed E-state index contributed by atoms with van der Waals surface area (Å²) in [6.45, 7) is 0. The largest absolute Gasteiger partial charge is 0.454 e. The molecule has 11 rings (SSSR count). The van der Waals surface area contributed by atoms with Gasteiger partial charge in [-0.15, -0.1) is 11.3 Å². The second kappa shape index (κ2) is 12.9. The molecule has 0 spiro atoms. The molecule has 0 aliphatic heterocycles.